The Bertz CT molecular complexity index is 368. The van der Waals surface area contributed by atoms with Gasteiger partial charge in [-0.15, -0.1) is 11.3 Å². The standard InChI is InChI=1S/C10H12N2O2S/c1-14-8-4-7-15-9(8)10(13)12-6-3-2-5-11/h4,7H,2-3,6H2,1H3,(H,12,13). The first kappa shape index (κ1) is 11.5. The van der Waals surface area contributed by atoms with E-state index in [-0.39, 0.29) is 5.91 Å². The molecule has 1 rings (SSSR count). The van der Waals surface area contributed by atoms with Crippen molar-refractivity contribution in [3.05, 3.63) is 16.3 Å². The van der Waals surface area contributed by atoms with Crippen molar-refractivity contribution >= 4 is 17.2 Å². The van der Waals surface area contributed by atoms with Crippen LogP contribution in [-0.2, 0) is 0 Å². The fourth-order valence-corrected chi connectivity index (χ4v) is 1.85. The van der Waals surface area contributed by atoms with E-state index in [1.807, 2.05) is 11.4 Å². The predicted molar refractivity (Wildman–Crippen MR) is 58.1 cm³/mol. The summed E-state index contributed by atoms with van der Waals surface area (Å²) < 4.78 is 5.03. The van der Waals surface area contributed by atoms with Gasteiger partial charge in [-0.2, -0.15) is 5.26 Å². The molecule has 1 aromatic rings. The number of nitrogens with zero attached hydrogens (tertiary/aromatic N) is 1. The van der Waals surface area contributed by atoms with E-state index in [1.165, 1.54) is 18.4 Å². The van der Waals surface area contributed by atoms with Crippen LogP contribution in [0.25, 0.3) is 0 Å². The van der Waals surface area contributed by atoms with Crippen molar-refractivity contribution in [3.63, 3.8) is 0 Å². The first-order valence-corrected chi connectivity index (χ1v) is 5.44. The zero-order chi connectivity index (χ0) is 11.1. The van der Waals surface area contributed by atoms with Crippen LogP contribution < -0.4 is 10.1 Å². The number of nitrogens with one attached hydrogen (secondary N) is 1. The molecule has 15 heavy (non-hydrogen) atoms. The Balaban J connectivity index is 2.44. The predicted octanol–water partition coefficient (Wildman–Crippen LogP) is 1.79. The fourth-order valence-electron chi connectivity index (χ4n) is 1.07. The van der Waals surface area contributed by atoms with Crippen molar-refractivity contribution in [2.24, 2.45) is 0 Å². The maximum absolute atomic E-state index is 11.6. The third-order valence-electron chi connectivity index (χ3n) is 1.81. The van der Waals surface area contributed by atoms with E-state index in [1.54, 1.807) is 6.07 Å². The Morgan fingerprint density at radius 3 is 3.20 bits per heavy atom. The van der Waals surface area contributed by atoms with Crippen molar-refractivity contribution in [3.8, 4) is 11.8 Å². The van der Waals surface area contributed by atoms with Gasteiger partial charge < -0.3 is 10.1 Å². The lowest BCUT2D eigenvalue weighted by Crippen LogP contribution is -2.23. The molecule has 0 bridgehead atoms. The van der Waals surface area contributed by atoms with E-state index in [4.69, 9.17) is 10.00 Å². The van der Waals surface area contributed by atoms with Crippen molar-refractivity contribution in [2.45, 2.75) is 12.8 Å². The van der Waals surface area contributed by atoms with Crippen LogP contribution in [-0.4, -0.2) is 19.6 Å². The quantitative estimate of drug-likeness (QED) is 0.775. The summed E-state index contributed by atoms with van der Waals surface area (Å²) >= 11 is 1.34. The Labute approximate surface area is 92.5 Å². The molecule has 0 saturated heterocycles. The average Bonchev–Trinajstić information content (AvgIpc) is 2.72. The summed E-state index contributed by atoms with van der Waals surface area (Å²) in [6, 6.07) is 3.78. The van der Waals surface area contributed by atoms with Gasteiger partial charge in [0.25, 0.3) is 5.91 Å². The van der Waals surface area contributed by atoms with Crippen LogP contribution in [0.15, 0.2) is 11.4 Å². The zero-order valence-corrected chi connectivity index (χ0v) is 9.26. The first-order chi connectivity index (χ1) is 7.29. The molecule has 0 aliphatic carbocycles. The maximum atomic E-state index is 11.6. The lowest BCUT2D eigenvalue weighted by Gasteiger charge is -2.03. The number of hydrogen-bond donors (Lipinski definition) is 1. The number of ether oxygens (including phenoxy) is 1. The third kappa shape index (κ3) is 3.26. The van der Waals surface area contributed by atoms with Crippen LogP contribution in [0.1, 0.15) is 22.5 Å². The number of hydrogen-bond acceptors (Lipinski definition) is 4. The summed E-state index contributed by atoms with van der Waals surface area (Å²) in [5.74, 6) is 0.456. The second kappa shape index (κ2) is 6.04. The van der Waals surface area contributed by atoms with Gasteiger partial charge in [-0.05, 0) is 17.9 Å². The number of amides is 1. The summed E-state index contributed by atoms with van der Waals surface area (Å²) in [5, 5.41) is 12.9. The number of carbonyl (C=O) groups excluding carboxylic acids is 1. The molecular weight excluding hydrogens is 212 g/mol. The molecule has 5 heteroatoms. The summed E-state index contributed by atoms with van der Waals surface area (Å²) in [4.78, 5) is 12.2. The van der Waals surface area contributed by atoms with Gasteiger partial charge >= 0.3 is 0 Å². The third-order valence-corrected chi connectivity index (χ3v) is 2.70. The maximum Gasteiger partial charge on any atom is 0.265 e. The largest absolute Gasteiger partial charge is 0.495 e. The lowest BCUT2D eigenvalue weighted by atomic mass is 10.3. The van der Waals surface area contributed by atoms with Crippen LogP contribution >= 0.6 is 11.3 Å². The van der Waals surface area contributed by atoms with Gasteiger partial charge in [0, 0.05) is 13.0 Å². The molecule has 1 N–H and O–H groups in total. The second-order valence-corrected chi connectivity index (χ2v) is 3.75. The minimum absolute atomic E-state index is 0.139. The lowest BCUT2D eigenvalue weighted by molar-refractivity contribution is 0.0954. The molecule has 0 aromatic carbocycles. The molecule has 0 unspecified atom stereocenters. The zero-order valence-electron chi connectivity index (χ0n) is 8.45. The minimum atomic E-state index is -0.139. The second-order valence-electron chi connectivity index (χ2n) is 2.84. The SMILES string of the molecule is COc1ccsc1C(=O)NCCCC#N. The van der Waals surface area contributed by atoms with E-state index in [0.717, 1.165) is 0 Å². The fraction of sp³-hybridized carbons (Fsp3) is 0.400. The molecule has 1 heterocycles. The molecule has 1 aromatic heterocycles. The highest BCUT2D eigenvalue weighted by molar-refractivity contribution is 7.12. The van der Waals surface area contributed by atoms with Crippen LogP contribution in [0.5, 0.6) is 5.75 Å². The molecule has 0 spiro atoms. The van der Waals surface area contributed by atoms with E-state index < -0.39 is 0 Å². The van der Waals surface area contributed by atoms with Crippen molar-refractivity contribution in [2.75, 3.05) is 13.7 Å². The van der Waals surface area contributed by atoms with Gasteiger partial charge in [0.2, 0.25) is 0 Å². The topological polar surface area (TPSA) is 62.1 Å². The first-order valence-electron chi connectivity index (χ1n) is 4.56. The minimum Gasteiger partial charge on any atom is -0.495 e. The number of thiophene rings is 1. The summed E-state index contributed by atoms with van der Waals surface area (Å²) in [6.07, 6.45) is 1.14. The van der Waals surface area contributed by atoms with E-state index in [2.05, 4.69) is 5.32 Å². The van der Waals surface area contributed by atoms with Crippen LogP contribution in [0, 0.1) is 11.3 Å². The molecule has 0 radical (unpaired) electrons. The van der Waals surface area contributed by atoms with Crippen LogP contribution in [0.2, 0.25) is 0 Å². The molecular formula is C10H12N2O2S. The molecule has 0 saturated carbocycles. The van der Waals surface area contributed by atoms with E-state index in [0.29, 0.717) is 30.0 Å². The normalized spacial score (nSPS) is 9.33. The number of methoxy groups -OCH3 is 1. The van der Waals surface area contributed by atoms with Gasteiger partial charge in [-0.3, -0.25) is 4.79 Å². The Morgan fingerprint density at radius 1 is 1.73 bits per heavy atom. The molecule has 0 fully saturated rings. The van der Waals surface area contributed by atoms with Gasteiger partial charge in [-0.1, -0.05) is 0 Å². The number of unbranched alkanes of at least 4 members (excludes halogenated alkanes) is 1. The number of nitriles is 1. The Morgan fingerprint density at radius 2 is 2.53 bits per heavy atom. The smallest absolute Gasteiger partial charge is 0.265 e. The van der Waals surface area contributed by atoms with Gasteiger partial charge in [0.15, 0.2) is 0 Å². The number of rotatable bonds is 5. The highest BCUT2D eigenvalue weighted by atomic mass is 32.1. The van der Waals surface area contributed by atoms with Crippen LogP contribution in [0.4, 0.5) is 0 Å². The van der Waals surface area contributed by atoms with E-state index in [9.17, 15) is 4.79 Å². The average molecular weight is 224 g/mol. The van der Waals surface area contributed by atoms with Crippen molar-refractivity contribution in [1.29, 1.82) is 5.26 Å². The monoisotopic (exact) mass is 224 g/mol. The molecule has 0 atom stereocenters. The molecule has 0 aliphatic heterocycles. The summed E-state index contributed by atoms with van der Waals surface area (Å²) in [6.45, 7) is 0.521. The molecule has 80 valence electrons. The summed E-state index contributed by atoms with van der Waals surface area (Å²) in [7, 11) is 1.54. The molecule has 1 amide bonds. The Hall–Kier alpha value is -1.54. The number of carbonyl (C=O) groups is 1. The van der Waals surface area contributed by atoms with Crippen molar-refractivity contribution in [1.82, 2.24) is 5.32 Å². The summed E-state index contributed by atoms with van der Waals surface area (Å²) in [5.41, 5.74) is 0. The van der Waals surface area contributed by atoms with Gasteiger partial charge in [0.1, 0.15) is 10.6 Å². The molecule has 0 aliphatic rings. The Kier molecular flexibility index (Phi) is 4.64. The van der Waals surface area contributed by atoms with Gasteiger partial charge in [-0.25, -0.2) is 0 Å². The van der Waals surface area contributed by atoms with E-state index >= 15 is 0 Å². The van der Waals surface area contributed by atoms with Gasteiger partial charge in [0.05, 0.1) is 13.2 Å². The molecule has 4 nitrogen and oxygen atoms in total. The van der Waals surface area contributed by atoms with Crippen LogP contribution in [0.3, 0.4) is 0 Å². The highest BCUT2D eigenvalue weighted by Crippen LogP contribution is 2.23. The van der Waals surface area contributed by atoms with Crippen molar-refractivity contribution < 1.29 is 9.53 Å². The highest BCUT2D eigenvalue weighted by Gasteiger charge is 2.12.